The summed E-state index contributed by atoms with van der Waals surface area (Å²) < 4.78 is 4.74. The quantitative estimate of drug-likeness (QED) is 0.700. The highest BCUT2D eigenvalue weighted by molar-refractivity contribution is 5.78. The summed E-state index contributed by atoms with van der Waals surface area (Å²) in [6.07, 6.45) is 3.99. The van der Waals surface area contributed by atoms with E-state index in [2.05, 4.69) is 0 Å². The van der Waals surface area contributed by atoms with Gasteiger partial charge in [0.05, 0.1) is 12.5 Å². The second-order valence-corrected chi connectivity index (χ2v) is 3.87. The Morgan fingerprint density at radius 2 is 1.93 bits per heavy atom. The molecule has 0 aromatic rings. The van der Waals surface area contributed by atoms with Crippen molar-refractivity contribution in [1.82, 2.24) is 0 Å². The number of rotatable bonds is 4. The van der Waals surface area contributed by atoms with Crippen LogP contribution in [0.25, 0.3) is 0 Å². The summed E-state index contributed by atoms with van der Waals surface area (Å²) in [7, 11) is 1.36. The van der Waals surface area contributed by atoms with Crippen LogP contribution in [-0.4, -0.2) is 24.2 Å². The standard InChI is InChI=1S/C10H16O4/c1-14-9(13)10(5-2-3-6-10)7-4-8(11)12/h2-7H2,1H3,(H,11,12). The zero-order valence-corrected chi connectivity index (χ0v) is 8.41. The van der Waals surface area contributed by atoms with E-state index >= 15 is 0 Å². The third kappa shape index (κ3) is 2.25. The van der Waals surface area contributed by atoms with Crippen LogP contribution in [0.2, 0.25) is 0 Å². The molecule has 0 aliphatic heterocycles. The topological polar surface area (TPSA) is 63.6 Å². The van der Waals surface area contributed by atoms with Gasteiger partial charge in [-0.2, -0.15) is 0 Å². The first kappa shape index (κ1) is 11.0. The van der Waals surface area contributed by atoms with Gasteiger partial charge >= 0.3 is 11.9 Å². The van der Waals surface area contributed by atoms with E-state index < -0.39 is 11.4 Å². The average Bonchev–Trinajstić information content (AvgIpc) is 2.63. The van der Waals surface area contributed by atoms with Crippen molar-refractivity contribution in [3.8, 4) is 0 Å². The summed E-state index contributed by atoms with van der Waals surface area (Å²) in [5.74, 6) is -1.09. The number of hydrogen-bond donors (Lipinski definition) is 1. The number of esters is 1. The van der Waals surface area contributed by atoms with Gasteiger partial charge in [-0.1, -0.05) is 12.8 Å². The van der Waals surface area contributed by atoms with Gasteiger partial charge in [-0.25, -0.2) is 0 Å². The summed E-state index contributed by atoms with van der Waals surface area (Å²) in [4.78, 5) is 22.0. The Hall–Kier alpha value is -1.06. The van der Waals surface area contributed by atoms with Crippen LogP contribution in [0.15, 0.2) is 0 Å². The molecule has 1 rings (SSSR count). The van der Waals surface area contributed by atoms with Gasteiger partial charge in [-0.05, 0) is 19.3 Å². The maximum absolute atomic E-state index is 11.5. The Kier molecular flexibility index (Phi) is 3.49. The van der Waals surface area contributed by atoms with Crippen LogP contribution in [-0.2, 0) is 14.3 Å². The van der Waals surface area contributed by atoms with Crippen LogP contribution in [0, 0.1) is 5.41 Å². The monoisotopic (exact) mass is 200 g/mol. The number of hydrogen-bond acceptors (Lipinski definition) is 3. The lowest BCUT2D eigenvalue weighted by atomic mass is 9.81. The van der Waals surface area contributed by atoms with Crippen molar-refractivity contribution in [2.45, 2.75) is 38.5 Å². The van der Waals surface area contributed by atoms with E-state index in [1.54, 1.807) is 0 Å². The van der Waals surface area contributed by atoms with Crippen LogP contribution in [0.3, 0.4) is 0 Å². The molecular weight excluding hydrogens is 184 g/mol. The van der Waals surface area contributed by atoms with E-state index in [9.17, 15) is 9.59 Å². The number of carbonyl (C=O) groups is 2. The zero-order chi connectivity index (χ0) is 10.6. The molecule has 1 N–H and O–H groups in total. The molecule has 0 spiro atoms. The van der Waals surface area contributed by atoms with Gasteiger partial charge in [0.1, 0.15) is 0 Å². The van der Waals surface area contributed by atoms with Crippen molar-refractivity contribution in [3.63, 3.8) is 0 Å². The number of carboxylic acids is 1. The van der Waals surface area contributed by atoms with Crippen molar-refractivity contribution in [3.05, 3.63) is 0 Å². The van der Waals surface area contributed by atoms with Crippen LogP contribution in [0.4, 0.5) is 0 Å². The van der Waals surface area contributed by atoms with E-state index in [4.69, 9.17) is 9.84 Å². The minimum Gasteiger partial charge on any atom is -0.481 e. The van der Waals surface area contributed by atoms with Crippen molar-refractivity contribution in [1.29, 1.82) is 0 Å². The first-order valence-corrected chi connectivity index (χ1v) is 4.91. The van der Waals surface area contributed by atoms with Gasteiger partial charge in [0, 0.05) is 6.42 Å². The Bertz CT molecular complexity index is 228. The molecule has 80 valence electrons. The molecule has 1 saturated carbocycles. The molecule has 0 aromatic carbocycles. The molecule has 14 heavy (non-hydrogen) atoms. The predicted molar refractivity (Wildman–Crippen MR) is 49.8 cm³/mol. The van der Waals surface area contributed by atoms with Crippen molar-refractivity contribution in [2.24, 2.45) is 5.41 Å². The lowest BCUT2D eigenvalue weighted by Crippen LogP contribution is -2.30. The van der Waals surface area contributed by atoms with Crippen LogP contribution < -0.4 is 0 Å². The molecule has 0 aromatic heterocycles. The minimum atomic E-state index is -0.847. The minimum absolute atomic E-state index is 0.0507. The second-order valence-electron chi connectivity index (χ2n) is 3.87. The summed E-state index contributed by atoms with van der Waals surface area (Å²) >= 11 is 0. The highest BCUT2D eigenvalue weighted by Gasteiger charge is 2.42. The first-order chi connectivity index (χ1) is 6.60. The molecule has 0 heterocycles. The summed E-state index contributed by atoms with van der Waals surface area (Å²) in [5, 5.41) is 8.59. The van der Waals surface area contributed by atoms with Gasteiger partial charge in [-0.3, -0.25) is 9.59 Å². The van der Waals surface area contributed by atoms with E-state index in [0.717, 1.165) is 25.7 Å². The maximum Gasteiger partial charge on any atom is 0.311 e. The fourth-order valence-corrected chi connectivity index (χ4v) is 2.17. The van der Waals surface area contributed by atoms with Gasteiger partial charge in [0.2, 0.25) is 0 Å². The molecule has 0 atom stereocenters. The van der Waals surface area contributed by atoms with Crippen LogP contribution in [0.5, 0.6) is 0 Å². The Morgan fingerprint density at radius 1 is 1.36 bits per heavy atom. The van der Waals surface area contributed by atoms with Gasteiger partial charge in [0.25, 0.3) is 0 Å². The van der Waals surface area contributed by atoms with Crippen molar-refractivity contribution in [2.75, 3.05) is 7.11 Å². The molecule has 0 amide bonds. The second kappa shape index (κ2) is 4.44. The van der Waals surface area contributed by atoms with E-state index in [0.29, 0.717) is 6.42 Å². The molecule has 0 saturated heterocycles. The summed E-state index contributed by atoms with van der Waals surface area (Å²) in [5.41, 5.74) is -0.507. The Morgan fingerprint density at radius 3 is 2.36 bits per heavy atom. The number of carboxylic acid groups (broad SMARTS) is 1. The van der Waals surface area contributed by atoms with E-state index in [1.165, 1.54) is 7.11 Å². The predicted octanol–water partition coefficient (Wildman–Crippen LogP) is 1.58. The van der Waals surface area contributed by atoms with E-state index in [-0.39, 0.29) is 12.4 Å². The molecule has 4 nitrogen and oxygen atoms in total. The highest BCUT2D eigenvalue weighted by Crippen LogP contribution is 2.42. The summed E-state index contributed by atoms with van der Waals surface area (Å²) in [6, 6.07) is 0. The van der Waals surface area contributed by atoms with Crippen molar-refractivity contribution < 1.29 is 19.4 Å². The normalized spacial score (nSPS) is 19.2. The fraction of sp³-hybridized carbons (Fsp3) is 0.800. The first-order valence-electron chi connectivity index (χ1n) is 4.91. The maximum atomic E-state index is 11.5. The largest absolute Gasteiger partial charge is 0.481 e. The van der Waals surface area contributed by atoms with Crippen molar-refractivity contribution >= 4 is 11.9 Å². The highest BCUT2D eigenvalue weighted by atomic mass is 16.5. The molecule has 4 heteroatoms. The lowest BCUT2D eigenvalue weighted by molar-refractivity contribution is -0.153. The van der Waals surface area contributed by atoms with Crippen LogP contribution >= 0.6 is 0 Å². The number of carbonyl (C=O) groups excluding carboxylic acids is 1. The zero-order valence-electron chi connectivity index (χ0n) is 8.41. The Labute approximate surface area is 83.2 Å². The van der Waals surface area contributed by atoms with Gasteiger partial charge < -0.3 is 9.84 Å². The number of aliphatic carboxylic acids is 1. The number of methoxy groups -OCH3 is 1. The number of ether oxygens (including phenoxy) is 1. The molecule has 0 bridgehead atoms. The molecule has 1 fully saturated rings. The van der Waals surface area contributed by atoms with E-state index in [1.807, 2.05) is 0 Å². The molecule has 1 aliphatic rings. The summed E-state index contributed by atoms with van der Waals surface area (Å²) in [6.45, 7) is 0. The lowest BCUT2D eigenvalue weighted by Gasteiger charge is -2.24. The van der Waals surface area contributed by atoms with Gasteiger partial charge in [0.15, 0.2) is 0 Å². The molecule has 1 aliphatic carbocycles. The van der Waals surface area contributed by atoms with Gasteiger partial charge in [-0.15, -0.1) is 0 Å². The molecular formula is C10H16O4. The third-order valence-electron chi connectivity index (χ3n) is 3.00. The average molecular weight is 200 g/mol. The molecule has 0 radical (unpaired) electrons. The fourth-order valence-electron chi connectivity index (χ4n) is 2.17. The molecule has 0 unspecified atom stereocenters. The SMILES string of the molecule is COC(=O)C1(CCC(=O)O)CCCC1. The smallest absolute Gasteiger partial charge is 0.311 e. The Balaban J connectivity index is 2.62. The van der Waals surface area contributed by atoms with Crippen LogP contribution in [0.1, 0.15) is 38.5 Å². The third-order valence-corrected chi connectivity index (χ3v) is 3.00.